The molecule has 0 bridgehead atoms. The molecule has 0 aromatic heterocycles. The Morgan fingerprint density at radius 2 is 1.74 bits per heavy atom. The summed E-state index contributed by atoms with van der Waals surface area (Å²) in [7, 11) is 0. The summed E-state index contributed by atoms with van der Waals surface area (Å²) >= 11 is 5.98. The van der Waals surface area contributed by atoms with Gasteiger partial charge in [0, 0.05) is 22.4 Å². The van der Waals surface area contributed by atoms with E-state index in [0.29, 0.717) is 16.4 Å². The van der Waals surface area contributed by atoms with Crippen LogP contribution in [0.5, 0.6) is 0 Å². The predicted octanol–water partition coefficient (Wildman–Crippen LogP) is 4.01. The molecule has 1 aliphatic carbocycles. The molecule has 3 atom stereocenters. The average Bonchev–Trinajstić information content (AvgIpc) is 2.75. The highest BCUT2D eigenvalue weighted by Gasteiger charge is 2.46. The van der Waals surface area contributed by atoms with Crippen LogP contribution in [0.4, 0.5) is 16.2 Å². The quantitative estimate of drug-likeness (QED) is 0.670. The van der Waals surface area contributed by atoms with Gasteiger partial charge in [-0.3, -0.25) is 9.59 Å². The van der Waals surface area contributed by atoms with Crippen molar-refractivity contribution in [1.82, 2.24) is 10.2 Å². The highest BCUT2D eigenvalue weighted by atomic mass is 35.5. The Hall–Kier alpha value is -3.06. The third-order valence-corrected chi connectivity index (χ3v) is 6.03. The lowest BCUT2D eigenvalue weighted by molar-refractivity contribution is -0.135. The van der Waals surface area contributed by atoms with Crippen LogP contribution in [0, 0.1) is 0 Å². The van der Waals surface area contributed by atoms with Gasteiger partial charge in [0.25, 0.3) is 0 Å². The van der Waals surface area contributed by atoms with Crippen LogP contribution in [0.15, 0.2) is 54.6 Å². The number of hydrogen-bond acceptors (Lipinski definition) is 3. The number of halogens is 1. The zero-order valence-corrected chi connectivity index (χ0v) is 17.8. The molecule has 0 radical (unpaired) electrons. The molecule has 2 fully saturated rings. The maximum Gasteiger partial charge on any atom is 0.322 e. The minimum Gasteiger partial charge on any atom is -0.349 e. The first-order chi connectivity index (χ1) is 15.0. The maximum absolute atomic E-state index is 13.2. The zero-order valence-electron chi connectivity index (χ0n) is 17.0. The van der Waals surface area contributed by atoms with Crippen molar-refractivity contribution in [1.29, 1.82) is 0 Å². The molecule has 31 heavy (non-hydrogen) atoms. The number of carbonyl (C=O) groups excluding carboxylic acids is 3. The van der Waals surface area contributed by atoms with E-state index in [0.717, 1.165) is 25.7 Å². The molecule has 0 unspecified atom stereocenters. The number of nitrogens with one attached hydrogen (secondary N) is 3. The molecular weight excluding hydrogens is 416 g/mol. The van der Waals surface area contributed by atoms with Crippen molar-refractivity contribution in [3.05, 3.63) is 59.6 Å². The van der Waals surface area contributed by atoms with Crippen LogP contribution in [0.3, 0.4) is 0 Å². The molecule has 1 heterocycles. The molecule has 1 saturated heterocycles. The van der Waals surface area contributed by atoms with Crippen molar-refractivity contribution in [2.75, 3.05) is 10.6 Å². The fourth-order valence-corrected chi connectivity index (χ4v) is 4.59. The number of amides is 4. The van der Waals surface area contributed by atoms with Gasteiger partial charge in [-0.05, 0) is 43.2 Å². The third-order valence-electron chi connectivity index (χ3n) is 5.80. The molecular formula is C23H25ClN4O3. The second-order valence-corrected chi connectivity index (χ2v) is 8.39. The average molecular weight is 441 g/mol. The highest BCUT2D eigenvalue weighted by Crippen LogP contribution is 2.30. The largest absolute Gasteiger partial charge is 0.349 e. The number of fused-ring (bicyclic) bond motifs is 1. The Morgan fingerprint density at radius 3 is 2.52 bits per heavy atom. The molecule has 8 heteroatoms. The topological polar surface area (TPSA) is 90.5 Å². The molecule has 4 rings (SSSR count). The van der Waals surface area contributed by atoms with Gasteiger partial charge < -0.3 is 20.9 Å². The molecule has 3 N–H and O–H groups in total. The standard InChI is InChI=1S/C23H25ClN4O3/c24-15-7-6-10-17(13-15)25-21(29)14-20-22(30)27-18-11-4-5-12-19(18)28(20)23(31)26-16-8-2-1-3-9-16/h1-3,6-10,13,18-20H,4-5,11-12,14H2,(H,25,29)(H,26,31)(H,27,30)/t18-,19+,20-/m1/s1. The van der Waals surface area contributed by atoms with E-state index >= 15 is 0 Å². The van der Waals surface area contributed by atoms with Crippen molar-refractivity contribution in [2.24, 2.45) is 0 Å². The van der Waals surface area contributed by atoms with Crippen molar-refractivity contribution >= 4 is 40.8 Å². The number of nitrogens with zero attached hydrogens (tertiary/aromatic N) is 1. The van der Waals surface area contributed by atoms with Gasteiger partial charge in [-0.15, -0.1) is 0 Å². The lowest BCUT2D eigenvalue weighted by atomic mass is 9.85. The zero-order chi connectivity index (χ0) is 21.8. The second kappa shape index (κ2) is 9.39. The van der Waals surface area contributed by atoms with Crippen LogP contribution in [-0.2, 0) is 9.59 Å². The number of hydrogen-bond donors (Lipinski definition) is 3. The van der Waals surface area contributed by atoms with Crippen LogP contribution < -0.4 is 16.0 Å². The number of rotatable bonds is 4. The van der Waals surface area contributed by atoms with Crippen molar-refractivity contribution in [2.45, 2.75) is 50.2 Å². The SMILES string of the molecule is O=C(C[C@@H]1C(=O)N[C@@H]2CCCC[C@@H]2N1C(=O)Nc1ccccc1)Nc1cccc(Cl)c1. The molecule has 7 nitrogen and oxygen atoms in total. The van der Waals surface area contributed by atoms with Gasteiger partial charge >= 0.3 is 6.03 Å². The van der Waals surface area contributed by atoms with E-state index in [1.807, 2.05) is 18.2 Å². The van der Waals surface area contributed by atoms with Gasteiger partial charge in [-0.25, -0.2) is 4.79 Å². The Balaban J connectivity index is 1.54. The molecule has 0 spiro atoms. The Morgan fingerprint density at radius 1 is 1.00 bits per heavy atom. The molecule has 1 aliphatic heterocycles. The summed E-state index contributed by atoms with van der Waals surface area (Å²) < 4.78 is 0. The van der Waals surface area contributed by atoms with Gasteiger partial charge in [0.1, 0.15) is 6.04 Å². The molecule has 162 valence electrons. The first-order valence-corrected chi connectivity index (χ1v) is 10.9. The number of carbonyl (C=O) groups is 3. The Bertz CT molecular complexity index is 968. The Labute approximate surface area is 186 Å². The lowest BCUT2D eigenvalue weighted by Gasteiger charge is -2.47. The normalized spacial score (nSPS) is 22.8. The van der Waals surface area contributed by atoms with E-state index in [1.54, 1.807) is 41.3 Å². The van der Waals surface area contributed by atoms with Crippen molar-refractivity contribution in [3.8, 4) is 0 Å². The van der Waals surface area contributed by atoms with Crippen LogP contribution in [-0.4, -0.2) is 40.9 Å². The minimum absolute atomic E-state index is 0.0879. The van der Waals surface area contributed by atoms with Crippen molar-refractivity contribution in [3.63, 3.8) is 0 Å². The minimum atomic E-state index is -0.887. The van der Waals surface area contributed by atoms with Gasteiger partial charge in [-0.1, -0.05) is 48.7 Å². The smallest absolute Gasteiger partial charge is 0.322 e. The summed E-state index contributed by atoms with van der Waals surface area (Å²) in [5.41, 5.74) is 1.19. The lowest BCUT2D eigenvalue weighted by Crippen LogP contribution is -2.68. The summed E-state index contributed by atoms with van der Waals surface area (Å²) in [4.78, 5) is 40.5. The van der Waals surface area contributed by atoms with E-state index in [1.165, 1.54) is 0 Å². The number of anilines is 2. The molecule has 2 aromatic carbocycles. The number of urea groups is 1. The van der Waals surface area contributed by atoms with E-state index in [9.17, 15) is 14.4 Å². The van der Waals surface area contributed by atoms with E-state index in [2.05, 4.69) is 16.0 Å². The molecule has 1 saturated carbocycles. The molecule has 2 aliphatic rings. The van der Waals surface area contributed by atoms with Crippen LogP contribution in [0.2, 0.25) is 5.02 Å². The van der Waals surface area contributed by atoms with Gasteiger partial charge in [-0.2, -0.15) is 0 Å². The highest BCUT2D eigenvalue weighted by molar-refractivity contribution is 6.30. The number of benzene rings is 2. The summed E-state index contributed by atoms with van der Waals surface area (Å²) in [6.45, 7) is 0. The summed E-state index contributed by atoms with van der Waals surface area (Å²) in [5, 5.41) is 9.19. The molecule has 4 amide bonds. The Kier molecular flexibility index (Phi) is 6.42. The fourth-order valence-electron chi connectivity index (χ4n) is 4.40. The van der Waals surface area contributed by atoms with Crippen LogP contribution in [0.1, 0.15) is 32.1 Å². The van der Waals surface area contributed by atoms with Gasteiger partial charge in [0.2, 0.25) is 11.8 Å². The van der Waals surface area contributed by atoms with E-state index < -0.39 is 6.04 Å². The summed E-state index contributed by atoms with van der Waals surface area (Å²) in [6, 6.07) is 14.4. The van der Waals surface area contributed by atoms with Gasteiger partial charge in [0.05, 0.1) is 12.5 Å². The van der Waals surface area contributed by atoms with Crippen LogP contribution >= 0.6 is 11.6 Å². The number of para-hydroxylation sites is 1. The monoisotopic (exact) mass is 440 g/mol. The first-order valence-electron chi connectivity index (χ1n) is 10.5. The van der Waals surface area contributed by atoms with E-state index in [4.69, 9.17) is 11.6 Å². The fraction of sp³-hybridized carbons (Fsp3) is 0.348. The van der Waals surface area contributed by atoms with E-state index in [-0.39, 0.29) is 36.3 Å². The predicted molar refractivity (Wildman–Crippen MR) is 120 cm³/mol. The third kappa shape index (κ3) is 4.99. The summed E-state index contributed by atoms with van der Waals surface area (Å²) in [5.74, 6) is -0.651. The number of piperazine rings is 1. The van der Waals surface area contributed by atoms with Crippen LogP contribution in [0.25, 0.3) is 0 Å². The maximum atomic E-state index is 13.2. The van der Waals surface area contributed by atoms with Gasteiger partial charge in [0.15, 0.2) is 0 Å². The van der Waals surface area contributed by atoms with Crippen molar-refractivity contribution < 1.29 is 14.4 Å². The second-order valence-electron chi connectivity index (χ2n) is 7.95. The first kappa shape index (κ1) is 21.2. The summed E-state index contributed by atoms with van der Waals surface area (Å²) in [6.07, 6.45) is 3.47. The molecule has 2 aromatic rings.